The van der Waals surface area contributed by atoms with Crippen LogP contribution in [-0.4, -0.2) is 57.6 Å². The van der Waals surface area contributed by atoms with E-state index in [1.807, 2.05) is 49.4 Å². The van der Waals surface area contributed by atoms with Gasteiger partial charge in [0.1, 0.15) is 6.04 Å². The summed E-state index contributed by atoms with van der Waals surface area (Å²) in [5, 5.41) is 2.60. The van der Waals surface area contributed by atoms with Crippen LogP contribution in [0.3, 0.4) is 0 Å². The number of rotatable bonds is 11. The van der Waals surface area contributed by atoms with Crippen molar-refractivity contribution in [1.29, 1.82) is 0 Å². The average Bonchev–Trinajstić information content (AvgIpc) is 2.76. The molecule has 0 aliphatic rings. The maximum Gasteiger partial charge on any atom is 0.242 e. The van der Waals surface area contributed by atoms with E-state index < -0.39 is 16.1 Å². The molecule has 8 heteroatoms. The molecule has 0 fully saturated rings. The Morgan fingerprint density at radius 3 is 2.22 bits per heavy atom. The summed E-state index contributed by atoms with van der Waals surface area (Å²) in [4.78, 5) is 26.8. The molecule has 0 spiro atoms. The molecule has 0 saturated carbocycles. The topological polar surface area (TPSA) is 86.8 Å². The van der Waals surface area contributed by atoms with Gasteiger partial charge in [0.05, 0.1) is 11.9 Å². The Bertz CT molecular complexity index is 1010. The largest absolute Gasteiger partial charge is 0.357 e. The van der Waals surface area contributed by atoms with Crippen molar-refractivity contribution in [3.63, 3.8) is 0 Å². The zero-order valence-electron chi connectivity index (χ0n) is 19.2. The van der Waals surface area contributed by atoms with Gasteiger partial charge in [0.15, 0.2) is 0 Å². The number of likely N-dealkylation sites (N-methyl/N-ethyl adjacent to an activating group) is 1. The van der Waals surface area contributed by atoms with Gasteiger partial charge in [-0.05, 0) is 43.9 Å². The van der Waals surface area contributed by atoms with Crippen LogP contribution in [0.15, 0.2) is 54.6 Å². The Hall–Kier alpha value is -2.87. The van der Waals surface area contributed by atoms with E-state index in [2.05, 4.69) is 5.32 Å². The van der Waals surface area contributed by atoms with E-state index in [0.29, 0.717) is 25.1 Å². The Balaban J connectivity index is 2.08. The summed E-state index contributed by atoms with van der Waals surface area (Å²) in [5.74, 6) is -0.403. The highest BCUT2D eigenvalue weighted by atomic mass is 32.2. The van der Waals surface area contributed by atoms with Gasteiger partial charge in [0, 0.05) is 26.6 Å². The fraction of sp³-hybridized carbons (Fsp3) is 0.417. The van der Waals surface area contributed by atoms with Gasteiger partial charge in [0.25, 0.3) is 0 Å². The van der Waals surface area contributed by atoms with Crippen LogP contribution in [0.2, 0.25) is 0 Å². The van der Waals surface area contributed by atoms with Gasteiger partial charge in [-0.1, -0.05) is 48.5 Å². The molecule has 0 radical (unpaired) electrons. The predicted octanol–water partition coefficient (Wildman–Crippen LogP) is 2.75. The van der Waals surface area contributed by atoms with Crippen molar-refractivity contribution in [2.24, 2.45) is 0 Å². The predicted molar refractivity (Wildman–Crippen MR) is 128 cm³/mol. The van der Waals surface area contributed by atoms with Crippen molar-refractivity contribution < 1.29 is 18.0 Å². The van der Waals surface area contributed by atoms with E-state index in [-0.39, 0.29) is 24.8 Å². The zero-order valence-corrected chi connectivity index (χ0v) is 20.1. The normalized spacial score (nSPS) is 12.1. The van der Waals surface area contributed by atoms with Gasteiger partial charge in [0.2, 0.25) is 21.8 Å². The molecule has 32 heavy (non-hydrogen) atoms. The third-order valence-electron chi connectivity index (χ3n) is 5.43. The maximum absolute atomic E-state index is 13.0. The van der Waals surface area contributed by atoms with E-state index in [1.165, 1.54) is 10.6 Å². The Kier molecular flexibility index (Phi) is 9.26. The molecular weight excluding hydrogens is 426 g/mol. The second-order valence-corrected chi connectivity index (χ2v) is 9.74. The number of nitrogens with one attached hydrogen (secondary N) is 1. The van der Waals surface area contributed by atoms with Crippen LogP contribution in [0.4, 0.5) is 5.69 Å². The highest BCUT2D eigenvalue weighted by molar-refractivity contribution is 7.92. The van der Waals surface area contributed by atoms with Crippen molar-refractivity contribution >= 4 is 27.5 Å². The number of aryl methyl sites for hydroxylation is 1. The van der Waals surface area contributed by atoms with E-state index >= 15 is 0 Å². The van der Waals surface area contributed by atoms with Crippen LogP contribution in [0.1, 0.15) is 30.9 Å². The second kappa shape index (κ2) is 11.7. The second-order valence-electron chi connectivity index (χ2n) is 7.84. The fourth-order valence-corrected chi connectivity index (χ4v) is 4.63. The molecule has 1 N–H and O–H groups in total. The van der Waals surface area contributed by atoms with E-state index in [9.17, 15) is 18.0 Å². The number of nitrogens with zero attached hydrogens (tertiary/aromatic N) is 2. The molecule has 2 rings (SSSR count). The minimum atomic E-state index is -3.49. The van der Waals surface area contributed by atoms with Crippen molar-refractivity contribution in [2.45, 2.75) is 39.2 Å². The lowest BCUT2D eigenvalue weighted by atomic mass is 10.1. The minimum absolute atomic E-state index is 0.147. The highest BCUT2D eigenvalue weighted by Crippen LogP contribution is 2.22. The SMILES string of the molecule is CNC(=O)C(C)N(CCc1ccccc1)C(=O)CCCN(c1ccccc1C)S(C)(=O)=O. The summed E-state index contributed by atoms with van der Waals surface area (Å²) in [6.07, 6.45) is 2.30. The van der Waals surface area contributed by atoms with Gasteiger partial charge in [-0.25, -0.2) is 8.42 Å². The number of hydrogen-bond acceptors (Lipinski definition) is 4. The molecule has 2 aromatic rings. The number of anilines is 1. The van der Waals surface area contributed by atoms with Crippen molar-refractivity contribution in [2.75, 3.05) is 30.7 Å². The average molecular weight is 460 g/mol. The molecule has 7 nitrogen and oxygen atoms in total. The maximum atomic E-state index is 13.0. The lowest BCUT2D eigenvalue weighted by molar-refractivity contribution is -0.139. The molecule has 1 unspecified atom stereocenters. The number of carbonyl (C=O) groups is 2. The van der Waals surface area contributed by atoms with E-state index in [0.717, 1.165) is 11.1 Å². The molecule has 0 bridgehead atoms. The molecule has 0 heterocycles. The first-order chi connectivity index (χ1) is 15.1. The molecule has 2 amide bonds. The molecule has 0 aliphatic heterocycles. The number of sulfonamides is 1. The van der Waals surface area contributed by atoms with Gasteiger partial charge < -0.3 is 10.2 Å². The van der Waals surface area contributed by atoms with E-state index in [1.54, 1.807) is 31.0 Å². The number of hydrogen-bond donors (Lipinski definition) is 1. The summed E-state index contributed by atoms with van der Waals surface area (Å²) in [5.41, 5.74) is 2.54. The first kappa shape index (κ1) is 25.4. The standard InChI is InChI=1S/C24H33N3O4S/c1-19-11-8-9-14-22(19)27(32(4,30)31)17-10-15-23(28)26(20(2)24(29)25-3)18-16-21-12-6-5-7-13-21/h5-9,11-14,20H,10,15-18H2,1-4H3,(H,25,29). The summed E-state index contributed by atoms with van der Waals surface area (Å²) >= 11 is 0. The fourth-order valence-electron chi connectivity index (χ4n) is 3.60. The first-order valence-corrected chi connectivity index (χ1v) is 12.6. The lowest BCUT2D eigenvalue weighted by Crippen LogP contribution is -2.48. The summed E-state index contributed by atoms with van der Waals surface area (Å²) in [6.45, 7) is 4.16. The molecule has 2 aromatic carbocycles. The van der Waals surface area contributed by atoms with Gasteiger partial charge in [-0.3, -0.25) is 13.9 Å². The smallest absolute Gasteiger partial charge is 0.242 e. The van der Waals surface area contributed by atoms with Crippen LogP contribution in [0, 0.1) is 6.92 Å². The highest BCUT2D eigenvalue weighted by Gasteiger charge is 2.25. The van der Waals surface area contributed by atoms with Crippen molar-refractivity contribution in [1.82, 2.24) is 10.2 Å². The monoisotopic (exact) mass is 459 g/mol. The van der Waals surface area contributed by atoms with Crippen LogP contribution in [-0.2, 0) is 26.0 Å². The molecule has 174 valence electrons. The molecule has 0 saturated heterocycles. The third kappa shape index (κ3) is 7.09. The number of para-hydroxylation sites is 1. The number of benzene rings is 2. The van der Waals surface area contributed by atoms with Gasteiger partial charge in [-0.2, -0.15) is 0 Å². The van der Waals surface area contributed by atoms with E-state index in [4.69, 9.17) is 0 Å². The first-order valence-electron chi connectivity index (χ1n) is 10.7. The Morgan fingerprint density at radius 2 is 1.62 bits per heavy atom. The Morgan fingerprint density at radius 1 is 1.00 bits per heavy atom. The van der Waals surface area contributed by atoms with Gasteiger partial charge in [-0.15, -0.1) is 0 Å². The third-order valence-corrected chi connectivity index (χ3v) is 6.61. The summed E-state index contributed by atoms with van der Waals surface area (Å²) in [7, 11) is -1.95. The van der Waals surface area contributed by atoms with Crippen molar-refractivity contribution in [3.05, 3.63) is 65.7 Å². The quantitative estimate of drug-likeness (QED) is 0.560. The van der Waals surface area contributed by atoms with Crippen LogP contribution in [0.25, 0.3) is 0 Å². The van der Waals surface area contributed by atoms with Gasteiger partial charge >= 0.3 is 0 Å². The Labute approximate surface area is 191 Å². The lowest BCUT2D eigenvalue weighted by Gasteiger charge is -2.29. The number of amides is 2. The van der Waals surface area contributed by atoms with Crippen molar-refractivity contribution in [3.8, 4) is 0 Å². The minimum Gasteiger partial charge on any atom is -0.357 e. The molecular formula is C24H33N3O4S. The summed E-state index contributed by atoms with van der Waals surface area (Å²) < 4.78 is 26.1. The van der Waals surface area contributed by atoms with Crippen LogP contribution in [0.5, 0.6) is 0 Å². The zero-order chi connectivity index (χ0) is 23.7. The van der Waals surface area contributed by atoms with Crippen LogP contribution < -0.4 is 9.62 Å². The molecule has 1 atom stereocenters. The number of carbonyl (C=O) groups excluding carboxylic acids is 2. The van der Waals surface area contributed by atoms with Crippen LogP contribution >= 0.6 is 0 Å². The molecule has 0 aromatic heterocycles. The summed E-state index contributed by atoms with van der Waals surface area (Å²) in [6, 6.07) is 16.4. The molecule has 0 aliphatic carbocycles.